The highest BCUT2D eigenvalue weighted by molar-refractivity contribution is 6.45. The van der Waals surface area contributed by atoms with Gasteiger partial charge in [0.25, 0.3) is 5.91 Å². The second-order valence-electron chi connectivity index (χ2n) is 7.76. The van der Waals surface area contributed by atoms with Gasteiger partial charge in [0.15, 0.2) is 0 Å². The van der Waals surface area contributed by atoms with Crippen LogP contribution in [0.2, 0.25) is 0 Å². The third-order valence-corrected chi connectivity index (χ3v) is 6.64. The van der Waals surface area contributed by atoms with Crippen molar-refractivity contribution in [1.82, 2.24) is 14.8 Å². The summed E-state index contributed by atoms with van der Waals surface area (Å²) in [6, 6.07) is 13.6. The maximum atomic E-state index is 13.1. The van der Waals surface area contributed by atoms with E-state index in [0.717, 1.165) is 30.8 Å². The second kappa shape index (κ2) is 5.89. The molecule has 3 heterocycles. The van der Waals surface area contributed by atoms with Gasteiger partial charge in [0.1, 0.15) is 11.5 Å². The number of aromatic nitrogens is 1. The highest BCUT2D eigenvalue weighted by atomic mass is 16.2. The number of nitrogens with zero attached hydrogens (tertiary/aromatic N) is 3. The van der Waals surface area contributed by atoms with Crippen LogP contribution < -0.4 is 5.73 Å². The number of nitrogen functional groups attached to an aromatic ring is 1. The lowest BCUT2D eigenvalue weighted by atomic mass is 9.61. The molecule has 3 aliphatic rings. The molecule has 3 N–H and O–H groups in total. The normalized spacial score (nSPS) is 26.4. The Kier molecular flexibility index (Phi) is 3.59. The molecule has 1 spiro atoms. The number of amides is 1. The molecule has 1 aromatic carbocycles. The van der Waals surface area contributed by atoms with Gasteiger partial charge in [0.05, 0.1) is 11.7 Å². The first-order chi connectivity index (χ1) is 13.1. The van der Waals surface area contributed by atoms with Gasteiger partial charge in [-0.1, -0.05) is 30.3 Å². The molecule has 0 bridgehead atoms. The Bertz CT molecular complexity index is 923. The Labute approximate surface area is 158 Å². The molecule has 2 atom stereocenters. The molecule has 1 amide bonds. The summed E-state index contributed by atoms with van der Waals surface area (Å²) in [6.45, 7) is 2.76. The van der Waals surface area contributed by atoms with Crippen LogP contribution in [-0.4, -0.2) is 57.6 Å². The molecule has 138 valence electrons. The maximum absolute atomic E-state index is 13.1. The monoisotopic (exact) mass is 361 g/mol. The van der Waals surface area contributed by atoms with E-state index >= 15 is 0 Å². The number of carbonyl (C=O) groups excluding carboxylic acids is 1. The van der Waals surface area contributed by atoms with Crippen LogP contribution in [0.1, 0.15) is 24.8 Å². The van der Waals surface area contributed by atoms with Crippen molar-refractivity contribution in [2.45, 2.75) is 30.8 Å². The highest BCUT2D eigenvalue weighted by Crippen LogP contribution is 2.51. The fourth-order valence-electron chi connectivity index (χ4n) is 4.95. The van der Waals surface area contributed by atoms with Gasteiger partial charge in [0.2, 0.25) is 0 Å². The predicted octanol–water partition coefficient (Wildman–Crippen LogP) is 2.15. The van der Waals surface area contributed by atoms with E-state index in [9.17, 15) is 4.79 Å². The molecule has 2 saturated heterocycles. The first-order valence-electron chi connectivity index (χ1n) is 9.57. The summed E-state index contributed by atoms with van der Waals surface area (Å²) < 4.78 is 0. The summed E-state index contributed by atoms with van der Waals surface area (Å²) in [6.07, 6.45) is 3.38. The van der Waals surface area contributed by atoms with Crippen molar-refractivity contribution in [3.05, 3.63) is 48.0 Å². The highest BCUT2D eigenvalue weighted by Gasteiger charge is 2.61. The van der Waals surface area contributed by atoms with E-state index < -0.39 is 0 Å². The fraction of sp³-hybridized carbons (Fsp3) is 0.381. The Balaban J connectivity index is 1.38. The first kappa shape index (κ1) is 16.4. The molecule has 6 heteroatoms. The average Bonchev–Trinajstić information content (AvgIpc) is 2.64. The zero-order valence-electron chi connectivity index (χ0n) is 15.2. The summed E-state index contributed by atoms with van der Waals surface area (Å²) in [5.41, 5.74) is 8.42. The van der Waals surface area contributed by atoms with Crippen LogP contribution in [0, 0.1) is 5.41 Å². The number of carbonyl (C=O) groups is 1. The van der Waals surface area contributed by atoms with Crippen molar-refractivity contribution in [2.24, 2.45) is 0 Å². The number of piperazine rings is 1. The van der Waals surface area contributed by atoms with Gasteiger partial charge < -0.3 is 10.6 Å². The van der Waals surface area contributed by atoms with Gasteiger partial charge in [-0.2, -0.15) is 0 Å². The van der Waals surface area contributed by atoms with E-state index in [1.807, 2.05) is 41.3 Å². The van der Waals surface area contributed by atoms with E-state index in [1.165, 1.54) is 12.8 Å². The molecule has 1 aromatic heterocycles. The van der Waals surface area contributed by atoms with Crippen molar-refractivity contribution >= 4 is 17.4 Å². The molecule has 27 heavy (non-hydrogen) atoms. The van der Waals surface area contributed by atoms with Gasteiger partial charge >= 0.3 is 0 Å². The minimum Gasteiger partial charge on any atom is -0.383 e. The average molecular weight is 361 g/mol. The summed E-state index contributed by atoms with van der Waals surface area (Å²) in [4.78, 5) is 21.9. The first-order valence-corrected chi connectivity index (χ1v) is 9.57. The number of rotatable bonds is 3. The number of benzene rings is 1. The number of pyridine rings is 1. The third kappa shape index (κ3) is 2.33. The lowest BCUT2D eigenvalue weighted by Crippen LogP contribution is -2.80. The molecule has 3 fully saturated rings. The van der Waals surface area contributed by atoms with E-state index in [0.29, 0.717) is 12.1 Å². The molecule has 2 aliphatic heterocycles. The van der Waals surface area contributed by atoms with E-state index in [4.69, 9.17) is 11.1 Å². The fourth-order valence-corrected chi connectivity index (χ4v) is 4.95. The predicted molar refractivity (Wildman–Crippen MR) is 105 cm³/mol. The maximum Gasteiger partial charge on any atom is 0.272 e. The van der Waals surface area contributed by atoms with Crippen LogP contribution in [0.4, 0.5) is 5.82 Å². The summed E-state index contributed by atoms with van der Waals surface area (Å²) in [7, 11) is 0. The summed E-state index contributed by atoms with van der Waals surface area (Å²) in [5, 5.41) is 8.47. The van der Waals surface area contributed by atoms with Crippen LogP contribution >= 0.6 is 0 Å². The smallest absolute Gasteiger partial charge is 0.272 e. The van der Waals surface area contributed by atoms with Gasteiger partial charge in [-0.05, 0) is 31.4 Å². The molecule has 0 radical (unpaired) electrons. The van der Waals surface area contributed by atoms with Crippen molar-refractivity contribution in [3.63, 3.8) is 0 Å². The van der Waals surface area contributed by atoms with Crippen LogP contribution in [-0.2, 0) is 4.79 Å². The number of nitrogens with two attached hydrogens (primary N) is 1. The molecular formula is C21H23N5O. The van der Waals surface area contributed by atoms with Crippen LogP contribution in [0.15, 0.2) is 42.5 Å². The Morgan fingerprint density at radius 3 is 2.56 bits per heavy atom. The minimum absolute atomic E-state index is 0.0468. The van der Waals surface area contributed by atoms with E-state index in [-0.39, 0.29) is 29.0 Å². The standard InChI is InChI=1S/C21H23N5O/c22-18(15-6-7-16(24-19(15)23)14-4-2-1-3-5-14)20(27)26-13-12-25-11-10-21(25)9-8-17(21)26/h1-7,17,22H,8-13H2,(H2,23,24). The molecule has 2 aromatic rings. The molecule has 1 aliphatic carbocycles. The lowest BCUT2D eigenvalue weighted by molar-refractivity contribution is -0.180. The largest absolute Gasteiger partial charge is 0.383 e. The Hall–Kier alpha value is -2.73. The van der Waals surface area contributed by atoms with E-state index in [2.05, 4.69) is 9.88 Å². The van der Waals surface area contributed by atoms with Crippen molar-refractivity contribution in [2.75, 3.05) is 25.4 Å². The second-order valence-corrected chi connectivity index (χ2v) is 7.76. The van der Waals surface area contributed by atoms with Crippen LogP contribution in [0.3, 0.4) is 0 Å². The zero-order chi connectivity index (χ0) is 18.6. The topological polar surface area (TPSA) is 86.3 Å². The number of anilines is 1. The molecule has 2 unspecified atom stereocenters. The quantitative estimate of drug-likeness (QED) is 0.820. The Morgan fingerprint density at radius 2 is 1.93 bits per heavy atom. The number of hydrogen-bond donors (Lipinski definition) is 2. The van der Waals surface area contributed by atoms with E-state index in [1.54, 1.807) is 6.07 Å². The van der Waals surface area contributed by atoms with Crippen molar-refractivity contribution in [1.29, 1.82) is 5.41 Å². The van der Waals surface area contributed by atoms with Gasteiger partial charge in [-0.25, -0.2) is 4.98 Å². The lowest BCUT2D eigenvalue weighted by Gasteiger charge is -2.68. The van der Waals surface area contributed by atoms with Crippen LogP contribution in [0.5, 0.6) is 0 Å². The SMILES string of the molecule is N=C(C(=O)N1CCN2CCC23CCC13)c1ccc(-c2ccccc2)nc1N. The van der Waals surface area contributed by atoms with Crippen molar-refractivity contribution in [3.8, 4) is 11.3 Å². The molecule has 5 rings (SSSR count). The van der Waals surface area contributed by atoms with Gasteiger partial charge in [-0.15, -0.1) is 0 Å². The number of nitrogens with one attached hydrogen (secondary N) is 1. The summed E-state index contributed by atoms with van der Waals surface area (Å²) in [5.74, 6) is 0.0203. The minimum atomic E-state index is -0.216. The van der Waals surface area contributed by atoms with Gasteiger partial charge in [-0.3, -0.25) is 15.1 Å². The molecule has 1 saturated carbocycles. The summed E-state index contributed by atoms with van der Waals surface area (Å²) >= 11 is 0. The van der Waals surface area contributed by atoms with Crippen LogP contribution in [0.25, 0.3) is 11.3 Å². The number of hydrogen-bond acceptors (Lipinski definition) is 5. The van der Waals surface area contributed by atoms with Crippen molar-refractivity contribution < 1.29 is 4.79 Å². The molecular weight excluding hydrogens is 338 g/mol. The van der Waals surface area contributed by atoms with Gasteiger partial charge in [0, 0.05) is 36.3 Å². The zero-order valence-corrected chi connectivity index (χ0v) is 15.2. The third-order valence-electron chi connectivity index (χ3n) is 6.64. The Morgan fingerprint density at radius 1 is 1.11 bits per heavy atom. The molecule has 6 nitrogen and oxygen atoms in total.